The summed E-state index contributed by atoms with van der Waals surface area (Å²) in [5.41, 5.74) is 8.29. The van der Waals surface area contributed by atoms with Gasteiger partial charge in [0.1, 0.15) is 5.82 Å². The molecule has 2 N–H and O–H groups in total. The van der Waals surface area contributed by atoms with Gasteiger partial charge < -0.3 is 10.6 Å². The minimum atomic E-state index is -0.535. The molecule has 2 aromatic carbocycles. The number of carbonyl (C=O) groups excluding carboxylic acids is 2. The second-order valence-electron chi connectivity index (χ2n) is 7.56. The van der Waals surface area contributed by atoms with Crippen LogP contribution in [-0.2, 0) is 11.2 Å². The Bertz CT molecular complexity index is 880. The van der Waals surface area contributed by atoms with E-state index >= 15 is 0 Å². The molecule has 0 spiro atoms. The van der Waals surface area contributed by atoms with E-state index in [9.17, 15) is 14.0 Å². The highest BCUT2D eigenvalue weighted by molar-refractivity contribution is 5.97. The number of para-hydroxylation sites is 1. The zero-order valence-electron chi connectivity index (χ0n) is 15.7. The van der Waals surface area contributed by atoms with E-state index in [4.69, 9.17) is 5.73 Å². The first-order valence-corrected chi connectivity index (χ1v) is 9.79. The Balaban J connectivity index is 1.60. The third kappa shape index (κ3) is 3.72. The van der Waals surface area contributed by atoms with Crippen LogP contribution in [-0.4, -0.2) is 24.0 Å². The lowest BCUT2D eigenvalue weighted by atomic mass is 10.0. The van der Waals surface area contributed by atoms with Gasteiger partial charge >= 0.3 is 6.03 Å². The number of halogens is 1. The molecule has 0 bridgehead atoms. The number of carbonyl (C=O) groups is 2. The number of benzene rings is 2. The Labute approximate surface area is 163 Å². The van der Waals surface area contributed by atoms with Crippen molar-refractivity contribution in [3.05, 3.63) is 59.9 Å². The fourth-order valence-electron chi connectivity index (χ4n) is 4.10. The van der Waals surface area contributed by atoms with Crippen molar-refractivity contribution in [3.8, 4) is 0 Å². The number of hydrogen-bond acceptors (Lipinski definition) is 2. The lowest BCUT2D eigenvalue weighted by Gasteiger charge is -2.31. The largest absolute Gasteiger partial charge is 0.351 e. The Kier molecular flexibility index (Phi) is 5.03. The molecule has 28 heavy (non-hydrogen) atoms. The molecular weight excluding hydrogens is 357 g/mol. The van der Waals surface area contributed by atoms with Crippen molar-refractivity contribution in [1.82, 2.24) is 0 Å². The van der Waals surface area contributed by atoms with Crippen LogP contribution in [0, 0.1) is 5.82 Å². The van der Waals surface area contributed by atoms with E-state index in [1.54, 1.807) is 21.9 Å². The van der Waals surface area contributed by atoms with E-state index in [-0.39, 0.29) is 30.2 Å². The number of hydrogen-bond donors (Lipinski definition) is 1. The molecule has 5 nitrogen and oxygen atoms in total. The topological polar surface area (TPSA) is 66.6 Å². The molecule has 1 unspecified atom stereocenters. The minimum absolute atomic E-state index is 0.0512. The predicted molar refractivity (Wildman–Crippen MR) is 107 cm³/mol. The average molecular weight is 381 g/mol. The summed E-state index contributed by atoms with van der Waals surface area (Å²) in [4.78, 5) is 28.8. The van der Waals surface area contributed by atoms with Crippen molar-refractivity contribution in [2.75, 3.05) is 9.80 Å². The van der Waals surface area contributed by atoms with Crippen LogP contribution in [0.5, 0.6) is 0 Å². The molecule has 146 valence electrons. The third-order valence-corrected chi connectivity index (χ3v) is 5.53. The first-order chi connectivity index (χ1) is 13.5. The number of urea groups is 1. The SMILES string of the molecule is NC(=O)N1c2ccccc2CCCC1CC(=O)N(c1ccc(F)cc1)C1CC1. The normalized spacial score (nSPS) is 18.9. The van der Waals surface area contributed by atoms with E-state index in [0.717, 1.165) is 36.9 Å². The highest BCUT2D eigenvalue weighted by Crippen LogP contribution is 2.35. The molecule has 0 radical (unpaired) electrons. The molecule has 1 atom stereocenters. The van der Waals surface area contributed by atoms with Gasteiger partial charge in [0.25, 0.3) is 0 Å². The summed E-state index contributed by atoms with van der Waals surface area (Å²) in [6.45, 7) is 0. The molecule has 1 fully saturated rings. The van der Waals surface area contributed by atoms with Gasteiger partial charge in [-0.15, -0.1) is 0 Å². The Morgan fingerprint density at radius 3 is 2.46 bits per heavy atom. The number of anilines is 2. The molecule has 1 saturated carbocycles. The summed E-state index contributed by atoms with van der Waals surface area (Å²) < 4.78 is 13.3. The molecular formula is C22H24FN3O2. The summed E-state index contributed by atoms with van der Waals surface area (Å²) in [5.74, 6) is -0.378. The maximum absolute atomic E-state index is 13.3. The molecule has 6 heteroatoms. The van der Waals surface area contributed by atoms with Crippen molar-refractivity contribution in [1.29, 1.82) is 0 Å². The lowest BCUT2D eigenvalue weighted by Crippen LogP contribution is -2.47. The molecule has 0 saturated heterocycles. The van der Waals surface area contributed by atoms with E-state index in [1.807, 2.05) is 24.3 Å². The first-order valence-electron chi connectivity index (χ1n) is 9.79. The van der Waals surface area contributed by atoms with Crippen LogP contribution in [0.2, 0.25) is 0 Å². The predicted octanol–water partition coefficient (Wildman–Crippen LogP) is 4.00. The van der Waals surface area contributed by atoms with Gasteiger partial charge in [0.2, 0.25) is 5.91 Å². The maximum atomic E-state index is 13.3. The van der Waals surface area contributed by atoms with Crippen molar-refractivity contribution in [3.63, 3.8) is 0 Å². The smallest absolute Gasteiger partial charge is 0.319 e. The minimum Gasteiger partial charge on any atom is -0.351 e. The van der Waals surface area contributed by atoms with Crippen LogP contribution < -0.4 is 15.5 Å². The van der Waals surface area contributed by atoms with Gasteiger partial charge in [-0.1, -0.05) is 18.2 Å². The second kappa shape index (κ2) is 7.62. The van der Waals surface area contributed by atoms with E-state index < -0.39 is 6.03 Å². The first kappa shape index (κ1) is 18.5. The van der Waals surface area contributed by atoms with Gasteiger partial charge in [-0.3, -0.25) is 9.69 Å². The van der Waals surface area contributed by atoms with Gasteiger partial charge in [0, 0.05) is 29.9 Å². The maximum Gasteiger partial charge on any atom is 0.319 e. The molecule has 2 aromatic rings. The van der Waals surface area contributed by atoms with Crippen LogP contribution in [0.4, 0.5) is 20.6 Å². The van der Waals surface area contributed by atoms with Crippen LogP contribution in [0.1, 0.15) is 37.7 Å². The van der Waals surface area contributed by atoms with Gasteiger partial charge in [0.15, 0.2) is 0 Å². The van der Waals surface area contributed by atoms with Crippen LogP contribution >= 0.6 is 0 Å². The summed E-state index contributed by atoms with van der Waals surface area (Å²) in [6, 6.07) is 13.1. The Morgan fingerprint density at radius 1 is 1.07 bits per heavy atom. The Hall–Kier alpha value is -2.89. The van der Waals surface area contributed by atoms with Crippen LogP contribution in [0.25, 0.3) is 0 Å². The monoisotopic (exact) mass is 381 g/mol. The summed E-state index contributed by atoms with van der Waals surface area (Å²) in [7, 11) is 0. The second-order valence-corrected chi connectivity index (χ2v) is 7.56. The molecule has 1 heterocycles. The molecule has 4 rings (SSSR count). The number of nitrogens with zero attached hydrogens (tertiary/aromatic N) is 2. The van der Waals surface area contributed by atoms with Crippen LogP contribution in [0.15, 0.2) is 48.5 Å². The number of aryl methyl sites for hydroxylation is 1. The van der Waals surface area contributed by atoms with Crippen molar-refractivity contribution < 1.29 is 14.0 Å². The van der Waals surface area contributed by atoms with E-state index in [1.165, 1.54) is 12.1 Å². The number of amides is 3. The molecule has 1 aliphatic carbocycles. The van der Waals surface area contributed by atoms with Gasteiger partial charge in [-0.2, -0.15) is 0 Å². The van der Waals surface area contributed by atoms with E-state index in [0.29, 0.717) is 12.1 Å². The fourth-order valence-corrected chi connectivity index (χ4v) is 4.10. The lowest BCUT2D eigenvalue weighted by molar-refractivity contribution is -0.119. The zero-order valence-corrected chi connectivity index (χ0v) is 15.7. The Morgan fingerprint density at radius 2 is 1.79 bits per heavy atom. The number of primary amides is 1. The van der Waals surface area contributed by atoms with Gasteiger partial charge in [-0.05, 0) is 68.0 Å². The number of rotatable bonds is 4. The number of nitrogens with two attached hydrogens (primary N) is 1. The third-order valence-electron chi connectivity index (χ3n) is 5.53. The van der Waals surface area contributed by atoms with Crippen LogP contribution in [0.3, 0.4) is 0 Å². The van der Waals surface area contributed by atoms with Crippen molar-refractivity contribution in [2.45, 2.75) is 50.6 Å². The fraction of sp³-hybridized carbons (Fsp3) is 0.364. The molecule has 0 aromatic heterocycles. The summed E-state index contributed by atoms with van der Waals surface area (Å²) >= 11 is 0. The summed E-state index contributed by atoms with van der Waals surface area (Å²) in [5, 5.41) is 0. The molecule has 3 amide bonds. The quantitative estimate of drug-likeness (QED) is 0.870. The highest BCUT2D eigenvalue weighted by atomic mass is 19.1. The molecule has 2 aliphatic rings. The zero-order chi connectivity index (χ0) is 19.7. The standard InChI is InChI=1S/C22H24FN3O2/c23-16-8-10-17(11-9-16)25(18-12-13-18)21(27)14-19-6-3-5-15-4-1-2-7-20(15)26(19)22(24)28/h1-2,4,7-11,18-19H,3,5-6,12-14H2,(H2,24,28). The van der Waals surface area contributed by atoms with Gasteiger partial charge in [0.05, 0.1) is 0 Å². The molecule has 1 aliphatic heterocycles. The van der Waals surface area contributed by atoms with Gasteiger partial charge in [-0.25, -0.2) is 9.18 Å². The van der Waals surface area contributed by atoms with Crippen molar-refractivity contribution >= 4 is 23.3 Å². The summed E-state index contributed by atoms with van der Waals surface area (Å²) in [6.07, 6.45) is 4.54. The average Bonchev–Trinajstić information content (AvgIpc) is 3.50. The number of fused-ring (bicyclic) bond motifs is 1. The van der Waals surface area contributed by atoms with E-state index in [2.05, 4.69) is 0 Å². The van der Waals surface area contributed by atoms with Crippen molar-refractivity contribution in [2.24, 2.45) is 5.73 Å². The highest BCUT2D eigenvalue weighted by Gasteiger charge is 2.37.